The third-order valence-electron chi connectivity index (χ3n) is 12.3. The zero-order valence-corrected chi connectivity index (χ0v) is 30.2. The number of nitrogen functional groups attached to an aromatic ring is 1. The summed E-state index contributed by atoms with van der Waals surface area (Å²) in [5, 5.41) is 12.0. The summed E-state index contributed by atoms with van der Waals surface area (Å²) in [6, 6.07) is 37.5. The van der Waals surface area contributed by atoms with Gasteiger partial charge in [0.05, 0.1) is 29.0 Å². The number of carbonyl (C=O) groups is 1. The molecule has 0 unspecified atom stereocenters. The van der Waals surface area contributed by atoms with E-state index in [0.29, 0.717) is 35.1 Å². The van der Waals surface area contributed by atoms with Crippen LogP contribution in [0.1, 0.15) is 40.9 Å². The number of anilines is 2. The minimum atomic E-state index is -0.0337. The number of pyridine rings is 1. The average Bonchev–Trinajstić information content (AvgIpc) is 3.42. The van der Waals surface area contributed by atoms with Crippen molar-refractivity contribution in [2.24, 2.45) is 0 Å². The van der Waals surface area contributed by atoms with E-state index in [2.05, 4.69) is 60.7 Å². The smallest absolute Gasteiger partial charge is 0.264 e. The fourth-order valence-electron chi connectivity index (χ4n) is 10.1. The first kappa shape index (κ1) is 30.4. The Bertz CT molecular complexity index is 3560. The number of allylic oxidation sites excluding steroid dienone is 2. The summed E-state index contributed by atoms with van der Waals surface area (Å²) in [4.78, 5) is 35.3. The van der Waals surface area contributed by atoms with Crippen molar-refractivity contribution >= 4 is 99.5 Å². The molecule has 0 radical (unpaired) electrons. The molecule has 2 aliphatic carbocycles. The number of aromatic nitrogens is 2. The van der Waals surface area contributed by atoms with E-state index < -0.39 is 0 Å². The van der Waals surface area contributed by atoms with E-state index in [4.69, 9.17) is 10.7 Å². The van der Waals surface area contributed by atoms with Gasteiger partial charge in [0.25, 0.3) is 11.5 Å². The number of carbonyl (C=O) groups excluding carboxylic acids is 1. The van der Waals surface area contributed by atoms with Crippen molar-refractivity contribution in [1.29, 1.82) is 0 Å². The molecule has 2 aromatic heterocycles. The lowest BCUT2D eigenvalue weighted by atomic mass is 9.82. The number of nitrogens with two attached hydrogens (primary N) is 1. The van der Waals surface area contributed by atoms with Gasteiger partial charge in [-0.1, -0.05) is 92.7 Å². The summed E-state index contributed by atoms with van der Waals surface area (Å²) in [6.07, 6.45) is 4.92. The molecule has 1 amide bonds. The number of benzene rings is 8. The number of nitrogens with zero attached hydrogens (tertiary/aromatic N) is 3. The van der Waals surface area contributed by atoms with Gasteiger partial charge in [-0.05, 0) is 120 Å². The van der Waals surface area contributed by atoms with E-state index in [-0.39, 0.29) is 11.5 Å². The molecule has 6 nitrogen and oxygen atoms in total. The van der Waals surface area contributed by atoms with Crippen molar-refractivity contribution in [3.05, 3.63) is 153 Å². The lowest BCUT2D eigenvalue weighted by Crippen LogP contribution is -2.34. The van der Waals surface area contributed by atoms with Crippen LogP contribution in [-0.2, 0) is 13.0 Å². The van der Waals surface area contributed by atoms with Gasteiger partial charge in [-0.2, -0.15) is 0 Å². The molecule has 8 aromatic carbocycles. The first-order valence-electron chi connectivity index (χ1n) is 19.0. The molecule has 3 heterocycles. The molecular formula is C49H32N4O2. The fourth-order valence-corrected chi connectivity index (χ4v) is 10.1. The van der Waals surface area contributed by atoms with Crippen molar-refractivity contribution in [3.8, 4) is 11.1 Å². The maximum atomic E-state index is 14.3. The van der Waals surface area contributed by atoms with Crippen LogP contribution in [-0.4, -0.2) is 15.3 Å². The van der Waals surface area contributed by atoms with Crippen molar-refractivity contribution < 1.29 is 4.79 Å². The second kappa shape index (κ2) is 10.5. The Morgan fingerprint density at radius 3 is 2.05 bits per heavy atom. The van der Waals surface area contributed by atoms with E-state index in [1.165, 1.54) is 43.8 Å². The average molecular weight is 709 g/mol. The Hall–Kier alpha value is -7.05. The van der Waals surface area contributed by atoms with Crippen molar-refractivity contribution in [2.45, 2.75) is 26.8 Å². The normalized spacial score (nSPS) is 14.3. The maximum absolute atomic E-state index is 14.3. The molecule has 0 spiro atoms. The number of hydrogen-bond donors (Lipinski definition) is 1. The summed E-state index contributed by atoms with van der Waals surface area (Å²) < 4.78 is 1.78. The molecule has 2 bridgehead atoms. The topological polar surface area (TPSA) is 80.7 Å². The van der Waals surface area contributed by atoms with Crippen LogP contribution < -0.4 is 21.4 Å². The molecule has 1 aliphatic heterocycles. The second-order valence-corrected chi connectivity index (χ2v) is 14.7. The molecule has 13 rings (SSSR count). The number of amides is 1. The molecule has 0 atom stereocenters. The monoisotopic (exact) mass is 708 g/mol. The Morgan fingerprint density at radius 1 is 0.600 bits per heavy atom. The van der Waals surface area contributed by atoms with Gasteiger partial charge in [-0.25, -0.2) is 4.98 Å². The molecule has 3 aliphatic rings. The second-order valence-electron chi connectivity index (χ2n) is 14.7. The van der Waals surface area contributed by atoms with Crippen LogP contribution in [0.5, 0.6) is 0 Å². The molecule has 6 heteroatoms. The molecule has 260 valence electrons. The molecular weight excluding hydrogens is 677 g/mol. The number of para-hydroxylation sites is 4. The highest BCUT2D eigenvalue weighted by Gasteiger charge is 2.31. The van der Waals surface area contributed by atoms with Crippen LogP contribution in [0.3, 0.4) is 0 Å². The molecule has 0 fully saturated rings. The fraction of sp³-hybridized carbons (Fsp3) is 0.0816. The summed E-state index contributed by atoms with van der Waals surface area (Å²) >= 11 is 0. The van der Waals surface area contributed by atoms with Gasteiger partial charge in [0.2, 0.25) is 0 Å². The van der Waals surface area contributed by atoms with Crippen LogP contribution in [0.2, 0.25) is 0 Å². The van der Waals surface area contributed by atoms with E-state index in [9.17, 15) is 9.59 Å². The summed E-state index contributed by atoms with van der Waals surface area (Å²) in [5.41, 5.74) is 17.7. The summed E-state index contributed by atoms with van der Waals surface area (Å²) in [5.74, 6) is -0.0303. The molecule has 10 aromatic rings. The zero-order chi connectivity index (χ0) is 36.9. The quantitative estimate of drug-likeness (QED) is 0.105. The Labute approximate surface area is 314 Å². The van der Waals surface area contributed by atoms with Gasteiger partial charge < -0.3 is 10.6 Å². The van der Waals surface area contributed by atoms with Gasteiger partial charge in [0.15, 0.2) is 0 Å². The van der Waals surface area contributed by atoms with Crippen molar-refractivity contribution in [1.82, 2.24) is 9.38 Å². The predicted molar refractivity (Wildman–Crippen MR) is 227 cm³/mol. The van der Waals surface area contributed by atoms with Crippen LogP contribution >= 0.6 is 0 Å². The first-order chi connectivity index (χ1) is 27.0. The van der Waals surface area contributed by atoms with Crippen LogP contribution in [0, 0.1) is 0 Å². The lowest BCUT2D eigenvalue weighted by Gasteiger charge is -2.31. The van der Waals surface area contributed by atoms with Gasteiger partial charge in [0, 0.05) is 26.9 Å². The third-order valence-corrected chi connectivity index (χ3v) is 12.3. The Morgan fingerprint density at radius 2 is 1.25 bits per heavy atom. The number of fused-ring (bicyclic) bond motifs is 9. The number of rotatable bonds is 1. The van der Waals surface area contributed by atoms with Crippen LogP contribution in [0.15, 0.2) is 120 Å². The highest BCUT2D eigenvalue weighted by molar-refractivity contribution is 6.37. The van der Waals surface area contributed by atoms with Crippen LogP contribution in [0.4, 0.5) is 11.4 Å². The van der Waals surface area contributed by atoms with Gasteiger partial charge in [-0.3, -0.25) is 14.0 Å². The van der Waals surface area contributed by atoms with Crippen LogP contribution in [0.25, 0.3) is 93.3 Å². The first-order valence-corrected chi connectivity index (χ1v) is 19.0. The minimum Gasteiger partial charge on any atom is -0.397 e. The van der Waals surface area contributed by atoms with E-state index in [1.54, 1.807) is 9.30 Å². The van der Waals surface area contributed by atoms with Crippen molar-refractivity contribution in [2.75, 3.05) is 10.6 Å². The van der Waals surface area contributed by atoms with Gasteiger partial charge in [0.1, 0.15) is 5.65 Å². The number of imidazole rings is 1. The Balaban J connectivity index is 0.00000165. The highest BCUT2D eigenvalue weighted by atomic mass is 16.2. The third kappa shape index (κ3) is 3.66. The largest absolute Gasteiger partial charge is 0.397 e. The predicted octanol–water partition coefficient (Wildman–Crippen LogP) is 9.94. The van der Waals surface area contributed by atoms with Gasteiger partial charge >= 0.3 is 0 Å². The van der Waals surface area contributed by atoms with Gasteiger partial charge in [-0.15, -0.1) is 0 Å². The zero-order valence-electron chi connectivity index (χ0n) is 30.2. The molecule has 55 heavy (non-hydrogen) atoms. The standard InChI is InChI=1S/C47H26N4O2.C2H6/c48-36-5-1-3-7-38(36)50-22-24-10-11-28-31-17-16-27-26-14-19-32-41-34(47(53)51-39-8-4-2-6-37(39)49-45(32)51)12-9-23(21-35(26)41)25-13-15-30(44(31)42(25)27)29-18-20-33(46(50)52)40(24)43(28)29;1-2/h1-20H,21-22,48H2;1-2H3. The highest BCUT2D eigenvalue weighted by Crippen LogP contribution is 2.50. The lowest BCUT2D eigenvalue weighted by molar-refractivity contribution is 0.0984. The van der Waals surface area contributed by atoms with E-state index >= 15 is 0 Å². The molecule has 2 N–H and O–H groups in total. The van der Waals surface area contributed by atoms with E-state index in [0.717, 1.165) is 60.2 Å². The Kier molecular flexibility index (Phi) is 5.83. The molecule has 0 saturated heterocycles. The maximum Gasteiger partial charge on any atom is 0.264 e. The SMILES string of the molecule is CC.Nc1ccccc1N1Cc2ccc3c4ccc5c6c(ccc(c7ccc(c2c73)C1=O)c64)C1=CC=c2c(=O)n3c4ccccc4nc3c3ccc-5c(c23)C1. The number of hydrogen-bond acceptors (Lipinski definition) is 4. The summed E-state index contributed by atoms with van der Waals surface area (Å²) in [7, 11) is 0. The van der Waals surface area contributed by atoms with E-state index in [1.807, 2.05) is 74.5 Å². The van der Waals surface area contributed by atoms with Crippen molar-refractivity contribution in [3.63, 3.8) is 0 Å². The minimum absolute atomic E-state index is 0.0303. The molecule has 0 saturated carbocycles. The summed E-state index contributed by atoms with van der Waals surface area (Å²) in [6.45, 7) is 4.46.